The van der Waals surface area contributed by atoms with Crippen LogP contribution in [-0.2, 0) is 4.79 Å². The van der Waals surface area contributed by atoms with Crippen molar-refractivity contribution >= 4 is 22.8 Å². The summed E-state index contributed by atoms with van der Waals surface area (Å²) in [5, 5.41) is 23.5. The number of amides is 1. The number of aliphatic hydroxyl groups excluding tert-OH is 1. The van der Waals surface area contributed by atoms with Crippen molar-refractivity contribution in [1.29, 1.82) is 0 Å². The number of hydrogen-bond donors (Lipinski definition) is 3. The van der Waals surface area contributed by atoms with E-state index in [1.54, 1.807) is 20.8 Å². The maximum atomic E-state index is 12.1. The molecule has 2 bridgehead atoms. The largest absolute Gasteiger partial charge is 0.393 e. The smallest absolute Gasteiger partial charge is 0.245 e. The Balaban J connectivity index is 1.77. The first kappa shape index (κ1) is 14.4. The van der Waals surface area contributed by atoms with Crippen molar-refractivity contribution in [2.24, 2.45) is 16.8 Å². The predicted octanol–water partition coefficient (Wildman–Crippen LogP) is 0.894. The molecule has 0 spiro atoms. The number of hydrogen-bond acceptors (Lipinski definition) is 5. The average Bonchev–Trinajstić information content (AvgIpc) is 2.92. The van der Waals surface area contributed by atoms with Crippen LogP contribution in [0.2, 0.25) is 0 Å². The molecule has 0 unspecified atom stereocenters. The molecule has 3 fully saturated rings. The molecule has 20 heavy (non-hydrogen) atoms. The van der Waals surface area contributed by atoms with Gasteiger partial charge in [-0.15, -0.1) is 0 Å². The first-order valence-electron chi connectivity index (χ1n) is 7.19. The lowest BCUT2D eigenvalue weighted by Crippen LogP contribution is -2.50. The molecule has 112 valence electrons. The van der Waals surface area contributed by atoms with E-state index in [2.05, 4.69) is 10.3 Å². The van der Waals surface area contributed by atoms with Gasteiger partial charge in [-0.3, -0.25) is 9.79 Å². The average molecular weight is 298 g/mol. The van der Waals surface area contributed by atoms with E-state index in [0.29, 0.717) is 11.1 Å². The van der Waals surface area contributed by atoms with E-state index in [1.807, 2.05) is 0 Å². The number of carbonyl (C=O) groups is 1. The molecule has 1 saturated heterocycles. The minimum absolute atomic E-state index is 0.107. The number of nitrogens with zero attached hydrogens (tertiary/aromatic N) is 1. The maximum Gasteiger partial charge on any atom is 0.245 e. The molecule has 6 heteroatoms. The summed E-state index contributed by atoms with van der Waals surface area (Å²) in [6, 6.07) is 0.107. The second-order valence-electron chi connectivity index (χ2n) is 6.95. The molecule has 0 aromatic heterocycles. The summed E-state index contributed by atoms with van der Waals surface area (Å²) < 4.78 is -0.915. The molecule has 3 rings (SSSR count). The summed E-state index contributed by atoms with van der Waals surface area (Å²) in [5.41, 5.74) is -1.12. The van der Waals surface area contributed by atoms with Crippen molar-refractivity contribution in [3.05, 3.63) is 0 Å². The van der Waals surface area contributed by atoms with Gasteiger partial charge >= 0.3 is 0 Å². The highest BCUT2D eigenvalue weighted by Gasteiger charge is 2.53. The van der Waals surface area contributed by atoms with E-state index in [-0.39, 0.29) is 24.0 Å². The normalized spacial score (nSPS) is 46.2. The lowest BCUT2D eigenvalue weighted by Gasteiger charge is -2.32. The second kappa shape index (κ2) is 4.45. The van der Waals surface area contributed by atoms with E-state index in [0.717, 1.165) is 19.3 Å². The number of carbonyl (C=O) groups excluding carboxylic acids is 1. The standard InChI is InChI=1S/C14H22N2O3S/c1-13(2,19)14(3)11(18)16-12(20-14)15-9-5-7-4-8(9)10(17)6-7/h7-10,17,19H,4-6H2,1-3H3,(H,15,16,18)/t7-,8+,9+,10-,14-/m1/s1. The van der Waals surface area contributed by atoms with Crippen molar-refractivity contribution in [2.75, 3.05) is 0 Å². The van der Waals surface area contributed by atoms with E-state index in [1.165, 1.54) is 11.8 Å². The molecule has 1 amide bonds. The van der Waals surface area contributed by atoms with Crippen molar-refractivity contribution in [3.8, 4) is 0 Å². The Morgan fingerprint density at radius 3 is 2.60 bits per heavy atom. The summed E-state index contributed by atoms with van der Waals surface area (Å²) in [6.07, 6.45) is 2.70. The molecule has 0 radical (unpaired) electrons. The topological polar surface area (TPSA) is 81.9 Å². The summed E-state index contributed by atoms with van der Waals surface area (Å²) in [6.45, 7) is 5.03. The zero-order valence-corrected chi connectivity index (χ0v) is 12.9. The lowest BCUT2D eigenvalue weighted by atomic mass is 9.91. The summed E-state index contributed by atoms with van der Waals surface area (Å²) >= 11 is 1.30. The Morgan fingerprint density at radius 2 is 2.10 bits per heavy atom. The van der Waals surface area contributed by atoms with Gasteiger partial charge in [0.15, 0.2) is 5.17 Å². The van der Waals surface area contributed by atoms with Crippen LogP contribution in [0.5, 0.6) is 0 Å². The van der Waals surface area contributed by atoms with Crippen LogP contribution in [0.4, 0.5) is 0 Å². The molecule has 0 aromatic carbocycles. The van der Waals surface area contributed by atoms with Crippen molar-refractivity contribution in [1.82, 2.24) is 5.32 Å². The quantitative estimate of drug-likeness (QED) is 0.707. The molecule has 5 nitrogen and oxygen atoms in total. The first-order chi connectivity index (χ1) is 9.20. The number of aliphatic imine (C=N–C) groups is 1. The molecular weight excluding hydrogens is 276 g/mol. The molecular formula is C14H22N2O3S. The number of thioether (sulfide) groups is 1. The van der Waals surface area contributed by atoms with E-state index in [4.69, 9.17) is 0 Å². The van der Waals surface area contributed by atoms with Gasteiger partial charge in [-0.1, -0.05) is 11.8 Å². The highest BCUT2D eigenvalue weighted by atomic mass is 32.2. The van der Waals surface area contributed by atoms with Crippen LogP contribution in [0.1, 0.15) is 40.0 Å². The van der Waals surface area contributed by atoms with Crippen LogP contribution < -0.4 is 5.32 Å². The molecule has 0 aromatic rings. The van der Waals surface area contributed by atoms with Crippen LogP contribution in [0.15, 0.2) is 4.99 Å². The van der Waals surface area contributed by atoms with Gasteiger partial charge in [0.25, 0.3) is 0 Å². The minimum Gasteiger partial charge on any atom is -0.393 e. The maximum absolute atomic E-state index is 12.1. The van der Waals surface area contributed by atoms with Gasteiger partial charge in [0.05, 0.1) is 17.7 Å². The fourth-order valence-electron chi connectivity index (χ4n) is 3.52. The van der Waals surface area contributed by atoms with Crippen molar-refractivity contribution in [2.45, 2.75) is 62.5 Å². The first-order valence-corrected chi connectivity index (χ1v) is 8.01. The summed E-state index contributed by atoms with van der Waals surface area (Å²) in [4.78, 5) is 16.8. The Kier molecular flexibility index (Phi) is 3.19. The SMILES string of the molecule is CC(C)(O)[C@]1(C)SC(=N[C@H]2C[C@H]3C[C@@H]2[C@H](O)C3)NC1=O. The molecule has 1 aliphatic heterocycles. The lowest BCUT2D eigenvalue weighted by molar-refractivity contribution is -0.126. The number of amidine groups is 1. The van der Waals surface area contributed by atoms with Crippen LogP contribution in [0.3, 0.4) is 0 Å². The zero-order valence-electron chi connectivity index (χ0n) is 12.1. The Labute approximate surface area is 123 Å². The third-order valence-corrected chi connectivity index (χ3v) is 6.64. The molecule has 3 aliphatic rings. The van der Waals surface area contributed by atoms with E-state index < -0.39 is 10.3 Å². The molecule has 5 atom stereocenters. The van der Waals surface area contributed by atoms with Crippen LogP contribution in [0.25, 0.3) is 0 Å². The van der Waals surface area contributed by atoms with Gasteiger partial charge in [-0.2, -0.15) is 0 Å². The fourth-order valence-corrected chi connectivity index (χ4v) is 4.63. The zero-order chi connectivity index (χ0) is 14.7. The van der Waals surface area contributed by atoms with E-state index >= 15 is 0 Å². The van der Waals surface area contributed by atoms with E-state index in [9.17, 15) is 15.0 Å². The van der Waals surface area contributed by atoms with Gasteiger partial charge in [0, 0.05) is 5.92 Å². The molecule has 1 heterocycles. The van der Waals surface area contributed by atoms with Gasteiger partial charge in [-0.05, 0) is 46.0 Å². The fraction of sp³-hybridized carbons (Fsp3) is 0.857. The second-order valence-corrected chi connectivity index (χ2v) is 8.36. The Hall–Kier alpha value is -0.590. The third kappa shape index (κ3) is 2.09. The minimum atomic E-state index is -1.12. The Morgan fingerprint density at radius 1 is 1.40 bits per heavy atom. The monoisotopic (exact) mass is 298 g/mol. The van der Waals surface area contributed by atoms with Crippen LogP contribution in [0, 0.1) is 11.8 Å². The highest BCUT2D eigenvalue weighted by molar-refractivity contribution is 8.16. The van der Waals surface area contributed by atoms with Gasteiger partial charge in [0.1, 0.15) is 4.75 Å². The van der Waals surface area contributed by atoms with Crippen molar-refractivity contribution < 1.29 is 15.0 Å². The Bertz CT molecular complexity index is 474. The predicted molar refractivity (Wildman–Crippen MR) is 78.5 cm³/mol. The van der Waals surface area contributed by atoms with Crippen molar-refractivity contribution in [3.63, 3.8) is 0 Å². The number of rotatable bonds is 2. The molecule has 2 saturated carbocycles. The van der Waals surface area contributed by atoms with Crippen LogP contribution in [-0.4, -0.2) is 43.8 Å². The highest BCUT2D eigenvalue weighted by Crippen LogP contribution is 2.47. The molecule has 3 N–H and O–H groups in total. The van der Waals surface area contributed by atoms with Crippen LogP contribution >= 0.6 is 11.8 Å². The molecule has 2 aliphatic carbocycles. The number of fused-ring (bicyclic) bond motifs is 2. The van der Waals surface area contributed by atoms with Gasteiger partial charge in [-0.25, -0.2) is 0 Å². The summed E-state index contributed by atoms with van der Waals surface area (Å²) in [5.74, 6) is 0.614. The van der Waals surface area contributed by atoms with Gasteiger partial charge in [0.2, 0.25) is 5.91 Å². The number of nitrogens with one attached hydrogen (secondary N) is 1. The summed E-state index contributed by atoms with van der Waals surface area (Å²) in [7, 11) is 0. The van der Waals surface area contributed by atoms with Gasteiger partial charge < -0.3 is 15.5 Å². The number of aliphatic hydroxyl groups is 2. The third-order valence-electron chi connectivity index (χ3n) is 5.15.